The van der Waals surface area contributed by atoms with Crippen molar-refractivity contribution in [2.24, 2.45) is 4.99 Å². The van der Waals surface area contributed by atoms with Crippen LogP contribution in [-0.2, 0) is 0 Å². The Morgan fingerprint density at radius 3 is 2.61 bits per heavy atom. The van der Waals surface area contributed by atoms with E-state index in [2.05, 4.69) is 56.3 Å². The average molecular weight is 426 g/mol. The van der Waals surface area contributed by atoms with Crippen LogP contribution in [0.2, 0.25) is 0 Å². The fraction of sp³-hybridized carbons (Fsp3) is 0.471. The highest BCUT2D eigenvalue weighted by Crippen LogP contribution is 2.22. The number of fused-ring (bicyclic) bond motifs is 1. The summed E-state index contributed by atoms with van der Waals surface area (Å²) in [7, 11) is 0. The van der Waals surface area contributed by atoms with Crippen LogP contribution in [0.4, 0.5) is 5.82 Å². The Kier molecular flexibility index (Phi) is 7.01. The molecule has 0 bridgehead atoms. The third-order valence-corrected chi connectivity index (χ3v) is 4.38. The second-order valence-electron chi connectivity index (χ2n) is 5.54. The van der Waals surface area contributed by atoms with Crippen molar-refractivity contribution in [3.63, 3.8) is 0 Å². The molecule has 1 N–H and O–H groups in total. The van der Waals surface area contributed by atoms with Crippen molar-refractivity contribution in [2.75, 3.05) is 13.1 Å². The molecule has 0 fully saturated rings. The van der Waals surface area contributed by atoms with Gasteiger partial charge < -0.3 is 9.88 Å². The van der Waals surface area contributed by atoms with E-state index in [1.165, 1.54) is 18.9 Å². The van der Waals surface area contributed by atoms with Crippen LogP contribution in [-0.4, -0.2) is 34.3 Å². The zero-order valence-corrected chi connectivity index (χ0v) is 15.8. The molecule has 6 heteroatoms. The van der Waals surface area contributed by atoms with Crippen LogP contribution in [0, 0.1) is 3.57 Å². The molecular formula is C17H23IN4O. The molecule has 0 aromatic carbocycles. The Bertz CT molecular complexity index is 718. The van der Waals surface area contributed by atoms with E-state index < -0.39 is 0 Å². The van der Waals surface area contributed by atoms with Crippen molar-refractivity contribution in [1.29, 1.82) is 0 Å². The number of rotatable bonds is 8. The Morgan fingerprint density at radius 1 is 1.26 bits per heavy atom. The topological polar surface area (TPSA) is 61.4 Å². The molecule has 2 aromatic rings. The molecular weight excluding hydrogens is 403 g/mol. The van der Waals surface area contributed by atoms with Crippen LogP contribution >= 0.6 is 22.6 Å². The Morgan fingerprint density at radius 2 is 1.96 bits per heavy atom. The van der Waals surface area contributed by atoms with Crippen LogP contribution in [0.15, 0.2) is 28.0 Å². The first-order valence-corrected chi connectivity index (χ1v) is 9.19. The van der Waals surface area contributed by atoms with Gasteiger partial charge in [0.05, 0.1) is 9.91 Å². The molecule has 0 atom stereocenters. The number of H-pyrrole nitrogens is 1. The van der Waals surface area contributed by atoms with E-state index in [4.69, 9.17) is 0 Å². The van der Waals surface area contributed by atoms with Gasteiger partial charge in [-0.05, 0) is 47.6 Å². The number of nitrogens with one attached hydrogen (secondary N) is 1. The molecule has 0 saturated heterocycles. The molecule has 0 spiro atoms. The summed E-state index contributed by atoms with van der Waals surface area (Å²) in [4.78, 5) is 25.5. The van der Waals surface area contributed by atoms with Crippen molar-refractivity contribution in [3.8, 4) is 0 Å². The summed E-state index contributed by atoms with van der Waals surface area (Å²) in [5.41, 5.74) is 0.437. The number of halogens is 1. The minimum absolute atomic E-state index is 0.145. The third kappa shape index (κ3) is 5.30. The van der Waals surface area contributed by atoms with E-state index in [1.807, 2.05) is 12.4 Å². The molecule has 0 aliphatic carbocycles. The number of aromatic nitrogens is 2. The second kappa shape index (κ2) is 9.00. The van der Waals surface area contributed by atoms with E-state index in [9.17, 15) is 4.79 Å². The minimum atomic E-state index is -0.145. The highest BCUT2D eigenvalue weighted by Gasteiger charge is 2.05. The maximum Gasteiger partial charge on any atom is 0.249 e. The summed E-state index contributed by atoms with van der Waals surface area (Å²) in [5, 5.41) is 0.918. The molecule has 0 aliphatic heterocycles. The maximum atomic E-state index is 11.4. The van der Waals surface area contributed by atoms with Gasteiger partial charge in [-0.1, -0.05) is 26.7 Å². The molecule has 0 radical (unpaired) electrons. The standard InChI is InChI=1S/C17H23IN4O/c1-3-5-9-22(10-6-4-2)12-19-17-14(18)11-13-7-8-15(23)20-16(13)21-17/h7-8,11-12H,3-6,9-10H2,1-2H3,(H,20,21,23)/b19-12+. The zero-order valence-electron chi connectivity index (χ0n) is 13.7. The Balaban J connectivity index is 2.23. The van der Waals surface area contributed by atoms with Crippen molar-refractivity contribution in [2.45, 2.75) is 39.5 Å². The zero-order chi connectivity index (χ0) is 16.7. The van der Waals surface area contributed by atoms with Gasteiger partial charge in [-0.3, -0.25) is 4.79 Å². The smallest absolute Gasteiger partial charge is 0.249 e. The van der Waals surface area contributed by atoms with Gasteiger partial charge in [0.1, 0.15) is 5.65 Å². The van der Waals surface area contributed by atoms with E-state index in [0.717, 1.165) is 34.9 Å². The monoisotopic (exact) mass is 426 g/mol. The number of aromatic amines is 1. The number of unbranched alkanes of at least 4 members (excludes halogenated alkanes) is 2. The van der Waals surface area contributed by atoms with Gasteiger partial charge in [-0.15, -0.1) is 0 Å². The summed E-state index contributed by atoms with van der Waals surface area (Å²) in [5.74, 6) is 0.651. The SMILES string of the molecule is CCCCN(/C=N/c1nc2[nH]c(=O)ccc2cc1I)CCCC. The van der Waals surface area contributed by atoms with Gasteiger partial charge in [0.15, 0.2) is 5.82 Å². The molecule has 23 heavy (non-hydrogen) atoms. The summed E-state index contributed by atoms with van der Waals surface area (Å²) in [6.45, 7) is 6.42. The van der Waals surface area contributed by atoms with E-state index in [-0.39, 0.29) is 5.56 Å². The molecule has 2 aromatic heterocycles. The molecule has 5 nitrogen and oxygen atoms in total. The first kappa shape index (κ1) is 17.9. The largest absolute Gasteiger partial charge is 0.363 e. The number of hydrogen-bond acceptors (Lipinski definition) is 3. The van der Waals surface area contributed by atoms with Gasteiger partial charge >= 0.3 is 0 Å². The van der Waals surface area contributed by atoms with Crippen molar-refractivity contribution < 1.29 is 0 Å². The van der Waals surface area contributed by atoms with E-state index >= 15 is 0 Å². The average Bonchev–Trinajstić information content (AvgIpc) is 2.54. The van der Waals surface area contributed by atoms with Crippen LogP contribution in [0.1, 0.15) is 39.5 Å². The van der Waals surface area contributed by atoms with Gasteiger partial charge in [0, 0.05) is 24.5 Å². The molecule has 0 aliphatic rings. The lowest BCUT2D eigenvalue weighted by Gasteiger charge is -2.18. The molecule has 0 saturated carbocycles. The van der Waals surface area contributed by atoms with E-state index in [0.29, 0.717) is 11.5 Å². The first-order valence-electron chi connectivity index (χ1n) is 8.12. The fourth-order valence-electron chi connectivity index (χ4n) is 2.22. The number of pyridine rings is 2. The molecule has 0 amide bonds. The second-order valence-corrected chi connectivity index (χ2v) is 6.70. The Hall–Kier alpha value is -1.44. The number of aliphatic imine (C=N–C) groups is 1. The van der Waals surface area contributed by atoms with Gasteiger partial charge in [-0.25, -0.2) is 9.98 Å². The lowest BCUT2D eigenvalue weighted by Crippen LogP contribution is -2.24. The summed E-state index contributed by atoms with van der Waals surface area (Å²) in [6, 6.07) is 5.29. The van der Waals surface area contributed by atoms with E-state index in [1.54, 1.807) is 6.07 Å². The summed E-state index contributed by atoms with van der Waals surface area (Å²) >= 11 is 2.23. The van der Waals surface area contributed by atoms with Gasteiger partial charge in [-0.2, -0.15) is 0 Å². The predicted octanol–water partition coefficient (Wildman–Crippen LogP) is 4.09. The van der Waals surface area contributed by atoms with Crippen molar-refractivity contribution >= 4 is 45.8 Å². The molecule has 2 rings (SSSR count). The first-order chi connectivity index (χ1) is 11.1. The lowest BCUT2D eigenvalue weighted by molar-refractivity contribution is 0.409. The van der Waals surface area contributed by atoms with Crippen LogP contribution < -0.4 is 5.56 Å². The highest BCUT2D eigenvalue weighted by atomic mass is 127. The van der Waals surface area contributed by atoms with Crippen molar-refractivity contribution in [3.05, 3.63) is 32.1 Å². The number of hydrogen-bond donors (Lipinski definition) is 1. The number of nitrogens with zero attached hydrogens (tertiary/aromatic N) is 3. The predicted molar refractivity (Wildman–Crippen MR) is 105 cm³/mol. The van der Waals surface area contributed by atoms with Gasteiger partial charge in [0.2, 0.25) is 5.56 Å². The van der Waals surface area contributed by atoms with Crippen LogP contribution in [0.3, 0.4) is 0 Å². The maximum absolute atomic E-state index is 11.4. The van der Waals surface area contributed by atoms with Crippen molar-refractivity contribution in [1.82, 2.24) is 14.9 Å². The highest BCUT2D eigenvalue weighted by molar-refractivity contribution is 14.1. The third-order valence-electron chi connectivity index (χ3n) is 3.58. The Labute approximate surface area is 150 Å². The summed E-state index contributed by atoms with van der Waals surface area (Å²) in [6.07, 6.45) is 6.55. The summed E-state index contributed by atoms with van der Waals surface area (Å²) < 4.78 is 0.976. The molecule has 2 heterocycles. The van der Waals surface area contributed by atoms with Gasteiger partial charge in [0.25, 0.3) is 0 Å². The fourth-order valence-corrected chi connectivity index (χ4v) is 2.82. The normalized spacial score (nSPS) is 11.4. The van der Waals surface area contributed by atoms with Crippen LogP contribution in [0.5, 0.6) is 0 Å². The molecule has 0 unspecified atom stereocenters. The molecule has 124 valence electrons. The minimum Gasteiger partial charge on any atom is -0.363 e. The van der Waals surface area contributed by atoms with Crippen LogP contribution in [0.25, 0.3) is 11.0 Å². The lowest BCUT2D eigenvalue weighted by atomic mass is 10.3. The quantitative estimate of drug-likeness (QED) is 0.393.